The highest BCUT2D eigenvalue weighted by atomic mass is 16.7. The molecule has 0 aromatic carbocycles. The molecule has 69 heavy (non-hydrogen) atoms. The van der Waals surface area contributed by atoms with Crippen molar-refractivity contribution < 1.29 is 58.2 Å². The number of allylic oxidation sites excluding steroid dienone is 14. The Morgan fingerprint density at radius 2 is 0.942 bits per heavy atom. The molecule has 1 rings (SSSR count). The lowest BCUT2D eigenvalue weighted by Gasteiger charge is -2.40. The minimum atomic E-state index is -1.92. The van der Waals surface area contributed by atoms with Crippen LogP contribution in [0.5, 0.6) is 0 Å². The second-order valence-corrected chi connectivity index (χ2v) is 17.8. The number of esters is 3. The normalized spacial score (nSPS) is 19.3. The molecular formula is C57H92O12. The maximum absolute atomic E-state index is 13.1. The van der Waals surface area contributed by atoms with Gasteiger partial charge in [-0.3, -0.25) is 14.4 Å². The van der Waals surface area contributed by atoms with Crippen molar-refractivity contribution in [1.29, 1.82) is 0 Å². The SMILES string of the molecule is CC/C=C\C/C=C\C/C=C\C/C=C\CCC(=O)OCC(COC1OC(C(=O)O)C(O)C(O)C1OC(=O)CCCCCCCCCCCCCCC)OC(=O)CCCCC/C=C\C/C=C\C/C=C\CC. The van der Waals surface area contributed by atoms with Crippen molar-refractivity contribution >= 4 is 23.9 Å². The van der Waals surface area contributed by atoms with Crippen LogP contribution in [0.25, 0.3) is 0 Å². The molecule has 1 saturated heterocycles. The second-order valence-electron chi connectivity index (χ2n) is 17.8. The Hall–Kier alpha value is -4.10. The van der Waals surface area contributed by atoms with E-state index >= 15 is 0 Å². The maximum Gasteiger partial charge on any atom is 0.335 e. The van der Waals surface area contributed by atoms with Gasteiger partial charge >= 0.3 is 23.9 Å². The van der Waals surface area contributed by atoms with Crippen molar-refractivity contribution in [3.8, 4) is 0 Å². The molecule has 6 unspecified atom stereocenters. The van der Waals surface area contributed by atoms with Crippen LogP contribution >= 0.6 is 0 Å². The van der Waals surface area contributed by atoms with Crippen LogP contribution in [0.15, 0.2) is 85.1 Å². The zero-order valence-electron chi connectivity index (χ0n) is 42.8. The van der Waals surface area contributed by atoms with Crippen molar-refractivity contribution in [1.82, 2.24) is 0 Å². The number of hydrogen-bond donors (Lipinski definition) is 3. The highest BCUT2D eigenvalue weighted by Gasteiger charge is 2.50. The van der Waals surface area contributed by atoms with Gasteiger partial charge in [0.05, 0.1) is 6.61 Å². The molecule has 1 aliphatic rings. The molecule has 1 aliphatic heterocycles. The van der Waals surface area contributed by atoms with Crippen molar-refractivity contribution in [2.24, 2.45) is 0 Å². The van der Waals surface area contributed by atoms with E-state index in [4.69, 9.17) is 23.7 Å². The Bertz CT molecular complexity index is 1530. The highest BCUT2D eigenvalue weighted by Crippen LogP contribution is 2.26. The Kier molecular flexibility index (Phi) is 41.1. The lowest BCUT2D eigenvalue weighted by Crippen LogP contribution is -2.61. The third kappa shape index (κ3) is 35.6. The van der Waals surface area contributed by atoms with E-state index < -0.39 is 67.3 Å². The third-order valence-electron chi connectivity index (χ3n) is 11.5. The fraction of sp³-hybridized carbons (Fsp3) is 0.684. The van der Waals surface area contributed by atoms with Gasteiger partial charge in [-0.05, 0) is 77.0 Å². The minimum absolute atomic E-state index is 0.0497. The molecule has 3 N–H and O–H groups in total. The largest absolute Gasteiger partial charge is 0.479 e. The van der Waals surface area contributed by atoms with Crippen molar-refractivity contribution in [2.45, 2.75) is 237 Å². The van der Waals surface area contributed by atoms with Gasteiger partial charge in [-0.25, -0.2) is 4.79 Å². The molecule has 1 fully saturated rings. The number of aliphatic carboxylic acids is 1. The van der Waals surface area contributed by atoms with E-state index in [0.717, 1.165) is 89.9 Å². The summed E-state index contributed by atoms with van der Waals surface area (Å²) < 4.78 is 28.2. The number of carboxylic acids is 1. The zero-order chi connectivity index (χ0) is 50.4. The Balaban J connectivity index is 2.79. The molecule has 0 bridgehead atoms. The number of aliphatic hydroxyl groups excluding tert-OH is 2. The molecule has 0 saturated carbocycles. The van der Waals surface area contributed by atoms with E-state index in [1.165, 1.54) is 51.4 Å². The number of hydrogen-bond acceptors (Lipinski definition) is 11. The minimum Gasteiger partial charge on any atom is -0.479 e. The molecule has 12 heteroatoms. The fourth-order valence-corrected chi connectivity index (χ4v) is 7.45. The lowest BCUT2D eigenvalue weighted by molar-refractivity contribution is -0.301. The van der Waals surface area contributed by atoms with Crippen LogP contribution in [0, 0.1) is 0 Å². The Morgan fingerprint density at radius 3 is 1.45 bits per heavy atom. The molecule has 0 spiro atoms. The number of aliphatic hydroxyl groups is 2. The van der Waals surface area contributed by atoms with Crippen LogP contribution in [0.2, 0.25) is 0 Å². The number of carboxylic acid groups (broad SMARTS) is 1. The van der Waals surface area contributed by atoms with Gasteiger partial charge in [0.25, 0.3) is 0 Å². The van der Waals surface area contributed by atoms with Gasteiger partial charge in [0.15, 0.2) is 24.6 Å². The predicted octanol–water partition coefficient (Wildman–Crippen LogP) is 12.8. The van der Waals surface area contributed by atoms with Crippen LogP contribution < -0.4 is 0 Å². The smallest absolute Gasteiger partial charge is 0.335 e. The molecule has 0 radical (unpaired) electrons. The van der Waals surface area contributed by atoms with Crippen LogP contribution in [-0.4, -0.2) is 89.2 Å². The van der Waals surface area contributed by atoms with E-state index in [0.29, 0.717) is 19.3 Å². The van der Waals surface area contributed by atoms with Gasteiger partial charge in [0.1, 0.15) is 18.8 Å². The van der Waals surface area contributed by atoms with Gasteiger partial charge in [-0.1, -0.05) is 189 Å². The average molecular weight is 969 g/mol. The van der Waals surface area contributed by atoms with Crippen molar-refractivity contribution in [2.75, 3.05) is 13.2 Å². The molecule has 12 nitrogen and oxygen atoms in total. The third-order valence-corrected chi connectivity index (χ3v) is 11.5. The van der Waals surface area contributed by atoms with Crippen molar-refractivity contribution in [3.05, 3.63) is 85.1 Å². The second kappa shape index (κ2) is 45.1. The average Bonchev–Trinajstić information content (AvgIpc) is 3.33. The van der Waals surface area contributed by atoms with Gasteiger partial charge in [-0.15, -0.1) is 0 Å². The van der Waals surface area contributed by atoms with Crippen molar-refractivity contribution in [3.63, 3.8) is 0 Å². The maximum atomic E-state index is 13.1. The summed E-state index contributed by atoms with van der Waals surface area (Å²) >= 11 is 0. The Labute approximate surface area is 416 Å². The van der Waals surface area contributed by atoms with Crippen LogP contribution in [0.1, 0.15) is 201 Å². The van der Waals surface area contributed by atoms with Crippen LogP contribution in [0.3, 0.4) is 0 Å². The monoisotopic (exact) mass is 969 g/mol. The number of rotatable bonds is 43. The number of ether oxygens (including phenoxy) is 5. The summed E-state index contributed by atoms with van der Waals surface area (Å²) in [6.07, 6.45) is 44.5. The number of unbranched alkanes of at least 4 members (excludes halogenated alkanes) is 15. The van der Waals surface area contributed by atoms with Crippen LogP contribution in [-0.2, 0) is 42.9 Å². The quantitative estimate of drug-likeness (QED) is 0.0229. The molecule has 392 valence electrons. The van der Waals surface area contributed by atoms with E-state index in [-0.39, 0.29) is 25.9 Å². The predicted molar refractivity (Wildman–Crippen MR) is 275 cm³/mol. The summed E-state index contributed by atoms with van der Waals surface area (Å²) in [5, 5.41) is 31.3. The molecule has 0 aromatic rings. The standard InChI is InChI=1S/C57H92O12/c1-4-7-10-13-16-19-22-25-28-31-34-37-40-43-49(58)65-46-48(67-50(59)44-41-38-35-32-29-26-23-20-17-14-11-8-5-2)47-66-57-55(53(62)52(61)54(69-57)56(63)64)68-51(60)45-42-39-36-33-30-27-24-21-18-15-12-9-6-3/h7-8,10-11,16-17,19-20,25-26,28-29,34,37,48,52-55,57,61-62H,4-6,9,12-15,18,21-24,27,30-33,35-36,38-47H2,1-3H3,(H,63,64)/b10-7-,11-8-,19-16-,20-17-,28-25-,29-26-,37-34-. The highest BCUT2D eigenvalue weighted by molar-refractivity contribution is 5.74. The molecular weight excluding hydrogens is 877 g/mol. The van der Waals surface area contributed by atoms with E-state index in [1.54, 1.807) is 0 Å². The molecule has 6 atom stereocenters. The van der Waals surface area contributed by atoms with Gasteiger partial charge < -0.3 is 39.0 Å². The van der Waals surface area contributed by atoms with E-state index in [1.807, 2.05) is 12.2 Å². The summed E-state index contributed by atoms with van der Waals surface area (Å²) in [7, 11) is 0. The van der Waals surface area contributed by atoms with Gasteiger partial charge in [0, 0.05) is 19.3 Å². The fourth-order valence-electron chi connectivity index (χ4n) is 7.45. The first-order valence-corrected chi connectivity index (χ1v) is 26.6. The summed E-state index contributed by atoms with van der Waals surface area (Å²) in [5.41, 5.74) is 0. The molecule has 0 aliphatic carbocycles. The first kappa shape index (κ1) is 62.9. The van der Waals surface area contributed by atoms with Gasteiger partial charge in [0.2, 0.25) is 0 Å². The molecule has 0 aromatic heterocycles. The number of carbonyl (C=O) groups excluding carboxylic acids is 3. The first-order chi connectivity index (χ1) is 33.6. The molecule has 0 amide bonds. The van der Waals surface area contributed by atoms with E-state index in [9.17, 15) is 34.5 Å². The summed E-state index contributed by atoms with van der Waals surface area (Å²) in [5.74, 6) is -3.27. The summed E-state index contributed by atoms with van der Waals surface area (Å²) in [6.45, 7) is 5.64. The zero-order valence-corrected chi connectivity index (χ0v) is 42.8. The van der Waals surface area contributed by atoms with Gasteiger partial charge in [-0.2, -0.15) is 0 Å². The molecule has 1 heterocycles. The summed E-state index contributed by atoms with van der Waals surface area (Å²) in [6, 6.07) is 0. The van der Waals surface area contributed by atoms with E-state index in [2.05, 4.69) is 93.7 Å². The lowest BCUT2D eigenvalue weighted by atomic mass is 9.98. The first-order valence-electron chi connectivity index (χ1n) is 26.6. The Morgan fingerprint density at radius 1 is 0.493 bits per heavy atom. The topological polar surface area (TPSA) is 175 Å². The summed E-state index contributed by atoms with van der Waals surface area (Å²) in [4.78, 5) is 50.8. The van der Waals surface area contributed by atoms with Crippen LogP contribution in [0.4, 0.5) is 0 Å². The number of carbonyl (C=O) groups is 4.